The number of nitrogens with zero attached hydrogens (tertiary/aromatic N) is 3. The van der Waals surface area contributed by atoms with E-state index in [0.717, 1.165) is 17.3 Å². The van der Waals surface area contributed by atoms with Crippen LogP contribution in [0, 0.1) is 18.6 Å². The second kappa shape index (κ2) is 9.96. The summed E-state index contributed by atoms with van der Waals surface area (Å²) in [6, 6.07) is 20.0. The van der Waals surface area contributed by atoms with Crippen molar-refractivity contribution in [3.63, 3.8) is 0 Å². The molecule has 2 heterocycles. The highest BCUT2D eigenvalue weighted by molar-refractivity contribution is 6.31. The summed E-state index contributed by atoms with van der Waals surface area (Å²) in [6.07, 6.45) is 0. The number of carbonyl (C=O) groups excluding carboxylic acids is 1. The Morgan fingerprint density at radius 3 is 2.22 bits per heavy atom. The van der Waals surface area contributed by atoms with Crippen LogP contribution in [-0.4, -0.2) is 41.6 Å². The molecule has 36 heavy (non-hydrogen) atoms. The quantitative estimate of drug-likeness (QED) is 0.287. The summed E-state index contributed by atoms with van der Waals surface area (Å²) in [5.74, 6) is -1.50. The van der Waals surface area contributed by atoms with Crippen LogP contribution < -0.4 is 4.90 Å². The number of benzene rings is 3. The SMILES string of the molecule is Cc1c(C(=O)N2CCN(c3cccc(Cl)c3)CC2)cc(-c2ccc(Cl)cc2)n1-c1ccc(F)cc1F. The van der Waals surface area contributed by atoms with Gasteiger partial charge in [-0.25, -0.2) is 8.78 Å². The van der Waals surface area contributed by atoms with Gasteiger partial charge in [0, 0.05) is 53.7 Å². The molecule has 1 saturated heterocycles. The van der Waals surface area contributed by atoms with Crippen LogP contribution >= 0.6 is 23.2 Å². The van der Waals surface area contributed by atoms with Gasteiger partial charge in [-0.2, -0.15) is 0 Å². The smallest absolute Gasteiger partial charge is 0.255 e. The summed E-state index contributed by atoms with van der Waals surface area (Å²) in [4.78, 5) is 17.6. The summed E-state index contributed by atoms with van der Waals surface area (Å²) in [5, 5.41) is 1.24. The maximum Gasteiger partial charge on any atom is 0.255 e. The summed E-state index contributed by atoms with van der Waals surface area (Å²) < 4.78 is 30.2. The minimum absolute atomic E-state index is 0.130. The maximum atomic E-state index is 14.9. The van der Waals surface area contributed by atoms with E-state index in [-0.39, 0.29) is 11.6 Å². The van der Waals surface area contributed by atoms with Crippen molar-refractivity contribution in [2.24, 2.45) is 0 Å². The lowest BCUT2D eigenvalue weighted by atomic mass is 10.1. The van der Waals surface area contributed by atoms with Gasteiger partial charge >= 0.3 is 0 Å². The first-order valence-corrected chi connectivity index (χ1v) is 12.3. The third-order valence-electron chi connectivity index (χ3n) is 6.51. The fourth-order valence-corrected chi connectivity index (χ4v) is 4.95. The number of hydrogen-bond donors (Lipinski definition) is 0. The molecule has 5 rings (SSSR count). The Morgan fingerprint density at radius 2 is 1.56 bits per heavy atom. The summed E-state index contributed by atoms with van der Waals surface area (Å²) in [5.41, 5.74) is 3.62. The molecule has 0 N–H and O–H groups in total. The first kappa shape index (κ1) is 24.3. The Bertz CT molecular complexity index is 1430. The largest absolute Gasteiger partial charge is 0.368 e. The fourth-order valence-electron chi connectivity index (χ4n) is 4.64. The molecule has 0 radical (unpaired) electrons. The second-order valence-corrected chi connectivity index (χ2v) is 9.60. The van der Waals surface area contributed by atoms with Crippen molar-refractivity contribution in [2.45, 2.75) is 6.92 Å². The van der Waals surface area contributed by atoms with Gasteiger partial charge in [-0.3, -0.25) is 4.79 Å². The van der Waals surface area contributed by atoms with Crippen LogP contribution in [0.2, 0.25) is 10.0 Å². The molecule has 8 heteroatoms. The molecule has 3 aromatic carbocycles. The molecule has 1 aliphatic heterocycles. The van der Waals surface area contributed by atoms with Crippen molar-refractivity contribution in [3.05, 3.63) is 106 Å². The molecule has 0 unspecified atom stereocenters. The van der Waals surface area contributed by atoms with E-state index in [2.05, 4.69) is 4.90 Å². The molecule has 0 bridgehead atoms. The van der Waals surface area contributed by atoms with Crippen molar-refractivity contribution in [1.29, 1.82) is 0 Å². The van der Waals surface area contributed by atoms with Crippen LogP contribution in [0.25, 0.3) is 16.9 Å². The van der Waals surface area contributed by atoms with Crippen molar-refractivity contribution in [3.8, 4) is 16.9 Å². The molecular formula is C28H23Cl2F2N3O. The van der Waals surface area contributed by atoms with Gasteiger partial charge in [-0.1, -0.05) is 41.4 Å². The Hall–Kier alpha value is -3.35. The average Bonchev–Trinajstić information content (AvgIpc) is 3.21. The number of anilines is 1. The minimum Gasteiger partial charge on any atom is -0.368 e. The first-order chi connectivity index (χ1) is 17.3. The van der Waals surface area contributed by atoms with Crippen LogP contribution in [0.4, 0.5) is 14.5 Å². The normalized spacial score (nSPS) is 13.8. The number of carbonyl (C=O) groups is 1. The second-order valence-electron chi connectivity index (χ2n) is 8.73. The minimum atomic E-state index is -0.710. The highest BCUT2D eigenvalue weighted by Gasteiger charge is 2.27. The first-order valence-electron chi connectivity index (χ1n) is 11.6. The van der Waals surface area contributed by atoms with Crippen molar-refractivity contribution < 1.29 is 13.6 Å². The van der Waals surface area contributed by atoms with E-state index in [0.29, 0.717) is 53.2 Å². The lowest BCUT2D eigenvalue weighted by molar-refractivity contribution is 0.0746. The van der Waals surface area contributed by atoms with Gasteiger partial charge in [0.1, 0.15) is 11.6 Å². The van der Waals surface area contributed by atoms with Gasteiger partial charge in [-0.05, 0) is 61.0 Å². The predicted octanol–water partition coefficient (Wildman–Crippen LogP) is 7.00. The molecule has 1 fully saturated rings. The third-order valence-corrected chi connectivity index (χ3v) is 7.00. The standard InChI is InChI=1S/C28H23Cl2F2N3O/c1-18-24(28(36)34-13-11-33(12-14-34)23-4-2-3-21(30)15-23)17-27(19-5-7-20(29)8-6-19)35(18)26-10-9-22(31)16-25(26)32/h2-10,15-17H,11-14H2,1H3. The molecule has 1 aliphatic rings. The zero-order chi connectivity index (χ0) is 25.4. The highest BCUT2D eigenvalue weighted by Crippen LogP contribution is 2.32. The van der Waals surface area contributed by atoms with Crippen LogP contribution in [-0.2, 0) is 0 Å². The maximum absolute atomic E-state index is 14.9. The van der Waals surface area contributed by atoms with E-state index in [4.69, 9.17) is 23.2 Å². The molecule has 0 atom stereocenters. The molecule has 1 amide bonds. The van der Waals surface area contributed by atoms with Gasteiger partial charge in [0.25, 0.3) is 5.91 Å². The number of amides is 1. The molecule has 0 spiro atoms. The fraction of sp³-hybridized carbons (Fsp3) is 0.179. The topological polar surface area (TPSA) is 28.5 Å². The Morgan fingerprint density at radius 1 is 0.833 bits per heavy atom. The third kappa shape index (κ3) is 4.71. The van der Waals surface area contributed by atoms with E-state index >= 15 is 0 Å². The van der Waals surface area contributed by atoms with Gasteiger partial charge in [0.05, 0.1) is 16.9 Å². The Balaban J connectivity index is 1.48. The molecular weight excluding hydrogens is 503 g/mol. The lowest BCUT2D eigenvalue weighted by Crippen LogP contribution is -2.48. The predicted molar refractivity (Wildman–Crippen MR) is 140 cm³/mol. The van der Waals surface area contributed by atoms with Gasteiger partial charge in [0.15, 0.2) is 0 Å². The van der Waals surface area contributed by atoms with Crippen molar-refractivity contribution in [1.82, 2.24) is 9.47 Å². The van der Waals surface area contributed by atoms with Crippen LogP contribution in [0.3, 0.4) is 0 Å². The number of halogens is 4. The summed E-state index contributed by atoms with van der Waals surface area (Å²) >= 11 is 12.2. The van der Waals surface area contributed by atoms with Crippen LogP contribution in [0.5, 0.6) is 0 Å². The molecule has 1 aromatic heterocycles. The molecule has 0 saturated carbocycles. The zero-order valence-electron chi connectivity index (χ0n) is 19.5. The van der Waals surface area contributed by atoms with Gasteiger partial charge in [-0.15, -0.1) is 0 Å². The van der Waals surface area contributed by atoms with Gasteiger partial charge < -0.3 is 14.4 Å². The Kier molecular flexibility index (Phi) is 6.73. The van der Waals surface area contributed by atoms with E-state index in [1.54, 1.807) is 34.6 Å². The Labute approximate surface area is 218 Å². The van der Waals surface area contributed by atoms with Crippen molar-refractivity contribution in [2.75, 3.05) is 31.1 Å². The lowest BCUT2D eigenvalue weighted by Gasteiger charge is -2.36. The van der Waals surface area contributed by atoms with Crippen LogP contribution in [0.15, 0.2) is 72.8 Å². The number of rotatable bonds is 4. The molecule has 0 aliphatic carbocycles. The van der Waals surface area contributed by atoms with Crippen LogP contribution in [0.1, 0.15) is 16.1 Å². The van der Waals surface area contributed by atoms with E-state index < -0.39 is 11.6 Å². The van der Waals surface area contributed by atoms with Crippen molar-refractivity contribution >= 4 is 34.8 Å². The molecule has 4 nitrogen and oxygen atoms in total. The van der Waals surface area contributed by atoms with E-state index in [9.17, 15) is 13.6 Å². The average molecular weight is 526 g/mol. The zero-order valence-corrected chi connectivity index (χ0v) is 21.0. The molecule has 4 aromatic rings. The van der Waals surface area contributed by atoms with Gasteiger partial charge in [0.2, 0.25) is 0 Å². The number of piperazine rings is 1. The van der Waals surface area contributed by atoms with E-state index in [1.807, 2.05) is 36.4 Å². The number of hydrogen-bond acceptors (Lipinski definition) is 2. The number of aromatic nitrogens is 1. The molecule has 184 valence electrons. The highest BCUT2D eigenvalue weighted by atomic mass is 35.5. The monoisotopic (exact) mass is 525 g/mol. The summed E-state index contributed by atoms with van der Waals surface area (Å²) in [7, 11) is 0. The van der Waals surface area contributed by atoms with E-state index in [1.165, 1.54) is 12.1 Å². The summed E-state index contributed by atoms with van der Waals surface area (Å²) in [6.45, 7) is 4.19.